The molecule has 0 saturated heterocycles. The number of allylic oxidation sites excluding steroid dienone is 2. The van der Waals surface area contributed by atoms with Crippen LogP contribution in [0.5, 0.6) is 0 Å². The molecule has 0 aliphatic carbocycles. The van der Waals surface area contributed by atoms with E-state index in [2.05, 4.69) is 58.9 Å². The number of fused-ring (bicyclic) bond motifs is 1. The van der Waals surface area contributed by atoms with Crippen molar-refractivity contribution in [2.45, 2.75) is 12.5 Å². The normalized spacial score (nSPS) is 22.6. The van der Waals surface area contributed by atoms with Crippen molar-refractivity contribution in [3.63, 3.8) is 0 Å². The Balaban J connectivity index is 1.76. The molecular formula is C15H18N2. The van der Waals surface area contributed by atoms with Crippen LogP contribution in [0.15, 0.2) is 48.7 Å². The molecule has 88 valence electrons. The Bertz CT molecular complexity index is 448. The van der Waals surface area contributed by atoms with Gasteiger partial charge in [0.1, 0.15) is 0 Å². The van der Waals surface area contributed by atoms with Crippen molar-refractivity contribution in [3.05, 3.63) is 59.8 Å². The lowest BCUT2D eigenvalue weighted by molar-refractivity contribution is 0.337. The molecule has 0 saturated carbocycles. The summed E-state index contributed by atoms with van der Waals surface area (Å²) in [4.78, 5) is 2.36. The maximum atomic E-state index is 3.62. The summed E-state index contributed by atoms with van der Waals surface area (Å²) in [6.07, 6.45) is 9.76. The first kappa shape index (κ1) is 10.6. The molecule has 17 heavy (non-hydrogen) atoms. The van der Waals surface area contributed by atoms with Crippen LogP contribution in [0.3, 0.4) is 0 Å². The van der Waals surface area contributed by atoms with Crippen molar-refractivity contribution in [2.24, 2.45) is 0 Å². The largest absolute Gasteiger partial charge is 0.372 e. The summed E-state index contributed by atoms with van der Waals surface area (Å²) in [6.45, 7) is 3.17. The highest BCUT2D eigenvalue weighted by Crippen LogP contribution is 2.23. The second-order valence-corrected chi connectivity index (χ2v) is 4.68. The fourth-order valence-electron chi connectivity index (χ4n) is 2.63. The van der Waals surface area contributed by atoms with Gasteiger partial charge >= 0.3 is 0 Å². The number of nitrogens with one attached hydrogen (secondary N) is 1. The van der Waals surface area contributed by atoms with Crippen molar-refractivity contribution >= 4 is 0 Å². The quantitative estimate of drug-likeness (QED) is 0.832. The first-order valence-electron chi connectivity index (χ1n) is 6.32. The monoisotopic (exact) mass is 226 g/mol. The summed E-state index contributed by atoms with van der Waals surface area (Å²) < 4.78 is 0. The van der Waals surface area contributed by atoms with E-state index in [0.29, 0.717) is 6.04 Å². The fourth-order valence-corrected chi connectivity index (χ4v) is 2.63. The van der Waals surface area contributed by atoms with Gasteiger partial charge in [-0.25, -0.2) is 0 Å². The van der Waals surface area contributed by atoms with Crippen molar-refractivity contribution in [3.8, 4) is 0 Å². The zero-order valence-electron chi connectivity index (χ0n) is 9.97. The van der Waals surface area contributed by atoms with Crippen molar-refractivity contribution in [2.75, 3.05) is 19.6 Å². The predicted octanol–water partition coefficient (Wildman–Crippen LogP) is 2.26. The molecule has 2 nitrogen and oxygen atoms in total. The molecule has 0 amide bonds. The highest BCUT2D eigenvalue weighted by atomic mass is 15.1. The average molecular weight is 226 g/mol. The molecule has 0 aromatic heterocycles. The van der Waals surface area contributed by atoms with Gasteiger partial charge in [-0.15, -0.1) is 0 Å². The number of rotatable bonds is 2. The summed E-state index contributed by atoms with van der Waals surface area (Å²) in [7, 11) is 0. The summed E-state index contributed by atoms with van der Waals surface area (Å²) in [5.74, 6) is 0. The molecule has 0 spiro atoms. The summed E-state index contributed by atoms with van der Waals surface area (Å²) in [5.41, 5.74) is 2.98. The molecule has 2 heteroatoms. The molecule has 2 aliphatic heterocycles. The second-order valence-electron chi connectivity index (χ2n) is 4.68. The molecule has 0 fully saturated rings. The van der Waals surface area contributed by atoms with Crippen LogP contribution in [-0.2, 0) is 6.42 Å². The Morgan fingerprint density at radius 3 is 3.06 bits per heavy atom. The molecule has 3 rings (SSSR count). The molecule has 1 atom stereocenters. The van der Waals surface area contributed by atoms with Crippen LogP contribution in [0.4, 0.5) is 0 Å². The maximum absolute atomic E-state index is 3.62. The summed E-state index contributed by atoms with van der Waals surface area (Å²) >= 11 is 0. The van der Waals surface area contributed by atoms with Gasteiger partial charge in [-0.2, -0.15) is 0 Å². The van der Waals surface area contributed by atoms with Crippen LogP contribution in [-0.4, -0.2) is 24.5 Å². The van der Waals surface area contributed by atoms with E-state index in [1.807, 2.05) is 0 Å². The predicted molar refractivity (Wildman–Crippen MR) is 70.7 cm³/mol. The van der Waals surface area contributed by atoms with Crippen LogP contribution in [0.25, 0.3) is 0 Å². The standard InChI is InChI=1S/C15H18N2/c1-4-10-17(11-5-1)12-15-14-7-3-2-6-13(14)8-9-16-15/h1-7,10,15-16H,8-9,11-12H2. The molecular weight excluding hydrogens is 208 g/mol. The van der Waals surface area contributed by atoms with E-state index in [4.69, 9.17) is 0 Å². The minimum Gasteiger partial charge on any atom is -0.372 e. The first-order valence-corrected chi connectivity index (χ1v) is 6.32. The van der Waals surface area contributed by atoms with E-state index in [9.17, 15) is 0 Å². The third-order valence-corrected chi connectivity index (χ3v) is 3.52. The van der Waals surface area contributed by atoms with Gasteiger partial charge in [0.2, 0.25) is 0 Å². The smallest absolute Gasteiger partial charge is 0.0501 e. The van der Waals surface area contributed by atoms with Crippen LogP contribution in [0.2, 0.25) is 0 Å². The SMILES string of the molecule is C1=CCN(CC2NCCc3ccccc32)C=C1. The lowest BCUT2D eigenvalue weighted by Crippen LogP contribution is -2.37. The van der Waals surface area contributed by atoms with Crippen molar-refractivity contribution < 1.29 is 0 Å². The maximum Gasteiger partial charge on any atom is 0.0501 e. The first-order chi connectivity index (χ1) is 8.43. The van der Waals surface area contributed by atoms with Crippen molar-refractivity contribution in [1.82, 2.24) is 10.2 Å². The molecule has 1 unspecified atom stereocenters. The number of benzene rings is 1. The molecule has 2 heterocycles. The lowest BCUT2D eigenvalue weighted by atomic mass is 9.94. The van der Waals surface area contributed by atoms with E-state index in [0.717, 1.165) is 26.1 Å². The Morgan fingerprint density at radius 2 is 2.18 bits per heavy atom. The second kappa shape index (κ2) is 4.76. The van der Waals surface area contributed by atoms with E-state index < -0.39 is 0 Å². The van der Waals surface area contributed by atoms with Crippen LogP contribution >= 0.6 is 0 Å². The number of hydrogen-bond acceptors (Lipinski definition) is 2. The van der Waals surface area contributed by atoms with Crippen LogP contribution < -0.4 is 5.32 Å². The number of nitrogens with zero attached hydrogens (tertiary/aromatic N) is 1. The van der Waals surface area contributed by atoms with Gasteiger partial charge in [0, 0.05) is 13.1 Å². The minimum atomic E-state index is 0.469. The molecule has 0 radical (unpaired) electrons. The summed E-state index contributed by atoms with van der Waals surface area (Å²) in [5, 5.41) is 3.62. The van der Waals surface area contributed by atoms with Crippen LogP contribution in [0, 0.1) is 0 Å². The Labute approximate surface area is 103 Å². The van der Waals surface area contributed by atoms with E-state index in [-0.39, 0.29) is 0 Å². The molecule has 1 N–H and O–H groups in total. The van der Waals surface area contributed by atoms with Gasteiger partial charge in [0.25, 0.3) is 0 Å². The van der Waals surface area contributed by atoms with Gasteiger partial charge in [-0.1, -0.05) is 36.4 Å². The zero-order valence-corrected chi connectivity index (χ0v) is 9.97. The third kappa shape index (κ3) is 2.27. The third-order valence-electron chi connectivity index (χ3n) is 3.52. The van der Waals surface area contributed by atoms with Gasteiger partial charge in [-0.3, -0.25) is 0 Å². The highest BCUT2D eigenvalue weighted by Gasteiger charge is 2.20. The molecule has 1 aromatic rings. The molecule has 0 bridgehead atoms. The minimum absolute atomic E-state index is 0.469. The van der Waals surface area contributed by atoms with E-state index >= 15 is 0 Å². The van der Waals surface area contributed by atoms with Gasteiger partial charge in [0.15, 0.2) is 0 Å². The average Bonchev–Trinajstić information content (AvgIpc) is 2.40. The Hall–Kier alpha value is -1.54. The topological polar surface area (TPSA) is 15.3 Å². The number of hydrogen-bond donors (Lipinski definition) is 1. The molecule has 1 aromatic carbocycles. The fraction of sp³-hybridized carbons (Fsp3) is 0.333. The zero-order chi connectivity index (χ0) is 11.5. The van der Waals surface area contributed by atoms with Gasteiger partial charge in [-0.05, 0) is 36.4 Å². The van der Waals surface area contributed by atoms with Gasteiger partial charge in [0.05, 0.1) is 6.04 Å². The van der Waals surface area contributed by atoms with Crippen molar-refractivity contribution in [1.29, 1.82) is 0 Å². The van der Waals surface area contributed by atoms with Crippen LogP contribution in [0.1, 0.15) is 17.2 Å². The lowest BCUT2D eigenvalue weighted by Gasteiger charge is -2.31. The van der Waals surface area contributed by atoms with E-state index in [1.54, 1.807) is 0 Å². The Morgan fingerprint density at radius 1 is 1.24 bits per heavy atom. The Kier molecular flexibility index (Phi) is 2.97. The van der Waals surface area contributed by atoms with Gasteiger partial charge < -0.3 is 10.2 Å². The van der Waals surface area contributed by atoms with E-state index in [1.165, 1.54) is 11.1 Å². The molecule has 2 aliphatic rings. The summed E-state index contributed by atoms with van der Waals surface area (Å²) in [6, 6.07) is 9.27. The highest BCUT2D eigenvalue weighted by molar-refractivity contribution is 5.32.